The quantitative estimate of drug-likeness (QED) is 0.165. The molecular weight excluding hydrogens is 671 g/mol. The van der Waals surface area contributed by atoms with Crippen molar-refractivity contribution in [3.05, 3.63) is 200 Å². The van der Waals surface area contributed by atoms with Crippen LogP contribution in [0.15, 0.2) is 204 Å². The fourth-order valence-electron chi connectivity index (χ4n) is 6.94. The molecule has 0 aliphatic carbocycles. The van der Waals surface area contributed by atoms with E-state index in [1.54, 1.807) is 0 Å². The first-order valence-corrected chi connectivity index (χ1v) is 17.9. The second-order valence-corrected chi connectivity index (χ2v) is 13.2. The minimum Gasteiger partial charge on any atom is -0.456 e. The van der Waals surface area contributed by atoms with Crippen LogP contribution in [-0.4, -0.2) is 15.0 Å². The highest BCUT2D eigenvalue weighted by Crippen LogP contribution is 2.39. The monoisotopic (exact) mass is 709 g/mol. The first-order valence-electron chi connectivity index (χ1n) is 20.9. The molecule has 0 aliphatic rings. The smallest absolute Gasteiger partial charge is 0.164 e. The second-order valence-electron chi connectivity index (χ2n) is 13.2. The van der Waals surface area contributed by atoms with Gasteiger partial charge in [-0.1, -0.05) is 164 Å². The third-order valence-electron chi connectivity index (χ3n) is 9.65. The summed E-state index contributed by atoms with van der Waals surface area (Å²) >= 11 is 0. The molecule has 0 saturated carbocycles. The zero-order valence-corrected chi connectivity index (χ0v) is 29.3. The molecule has 4 heteroatoms. The van der Waals surface area contributed by atoms with Gasteiger partial charge in [0.1, 0.15) is 11.2 Å². The van der Waals surface area contributed by atoms with Crippen molar-refractivity contribution < 1.29 is 12.6 Å². The van der Waals surface area contributed by atoms with E-state index in [-0.39, 0.29) is 75.1 Å². The highest BCUT2D eigenvalue weighted by molar-refractivity contribution is 6.13. The van der Waals surface area contributed by atoms with E-state index in [0.717, 1.165) is 33.4 Å². The number of fused-ring (bicyclic) bond motifs is 3. The molecule has 2 aromatic heterocycles. The predicted molar refractivity (Wildman–Crippen MR) is 225 cm³/mol. The number of aromatic nitrogens is 3. The van der Waals surface area contributed by atoms with E-state index in [9.17, 15) is 4.11 Å². The third-order valence-corrected chi connectivity index (χ3v) is 9.65. The Kier molecular flexibility index (Phi) is 6.63. The molecule has 8 aromatic carbocycles. The number of benzene rings is 8. The summed E-state index contributed by atoms with van der Waals surface area (Å²) in [6.45, 7) is 0. The molecule has 258 valence electrons. The molecule has 0 bridgehead atoms. The fraction of sp³-hybridized carbons (Fsp3) is 0. The van der Waals surface area contributed by atoms with Crippen LogP contribution in [0.25, 0.3) is 101 Å². The summed E-state index contributed by atoms with van der Waals surface area (Å²) in [7, 11) is 0. The number of hydrogen-bond acceptors (Lipinski definition) is 4. The van der Waals surface area contributed by atoms with Gasteiger partial charge in [-0.2, -0.15) is 0 Å². The van der Waals surface area contributed by atoms with Gasteiger partial charge in [0.05, 0.1) is 8.22 Å². The molecule has 0 atom stereocenters. The van der Waals surface area contributed by atoms with Gasteiger partial charge >= 0.3 is 0 Å². The van der Waals surface area contributed by atoms with Crippen LogP contribution in [0.4, 0.5) is 0 Å². The van der Waals surface area contributed by atoms with Crippen molar-refractivity contribution in [2.45, 2.75) is 0 Å². The van der Waals surface area contributed by atoms with Crippen LogP contribution >= 0.6 is 0 Å². The van der Waals surface area contributed by atoms with Gasteiger partial charge in [0.15, 0.2) is 17.5 Å². The Morgan fingerprint density at radius 1 is 0.364 bits per heavy atom. The normalized spacial score (nSPS) is 12.8. The van der Waals surface area contributed by atoms with Crippen LogP contribution < -0.4 is 0 Å². The van der Waals surface area contributed by atoms with Crippen LogP contribution in [0, 0.1) is 0 Å². The third kappa shape index (κ3) is 6.26. The average Bonchev–Trinajstić information content (AvgIpc) is 3.72. The molecule has 2 heterocycles. The zero-order chi connectivity index (χ0) is 41.8. The van der Waals surface area contributed by atoms with Crippen molar-refractivity contribution in [2.24, 2.45) is 0 Å². The van der Waals surface area contributed by atoms with Crippen LogP contribution in [0.5, 0.6) is 0 Å². The maximum atomic E-state index is 9.64. The lowest BCUT2D eigenvalue weighted by Crippen LogP contribution is -2.00. The van der Waals surface area contributed by atoms with Gasteiger partial charge in [-0.3, -0.25) is 0 Å². The molecule has 0 aliphatic heterocycles. The summed E-state index contributed by atoms with van der Waals surface area (Å²) in [4.78, 5) is 14.8. The van der Waals surface area contributed by atoms with Gasteiger partial charge in [0.25, 0.3) is 0 Å². The van der Waals surface area contributed by atoms with Crippen molar-refractivity contribution in [1.29, 1.82) is 0 Å². The van der Waals surface area contributed by atoms with E-state index < -0.39 is 0 Å². The standard InChI is InChI=1S/C51H33N3O/c1-4-14-34(15-5-1)37-20-10-23-40(30-37)44-26-13-27-46-48(44)45-29-28-43(33-47(45)55-46)51-53-49(41-24-11-21-38(31-41)35-16-6-2-7-17-35)52-50(54-51)42-25-12-22-39(32-42)36-18-8-3-9-19-36/h1-33H/i13D,26D,27D,28D,29D,33D. The van der Waals surface area contributed by atoms with E-state index in [4.69, 9.17) is 23.5 Å². The van der Waals surface area contributed by atoms with Crippen LogP contribution in [0.2, 0.25) is 0 Å². The molecule has 10 rings (SSSR count). The van der Waals surface area contributed by atoms with Crippen LogP contribution in [0.1, 0.15) is 8.22 Å². The minimum absolute atomic E-state index is 0.00493. The average molecular weight is 710 g/mol. The largest absolute Gasteiger partial charge is 0.456 e. The minimum atomic E-state index is -0.349. The van der Waals surface area contributed by atoms with Gasteiger partial charge in [0.2, 0.25) is 0 Å². The van der Waals surface area contributed by atoms with Crippen molar-refractivity contribution in [1.82, 2.24) is 15.0 Å². The zero-order valence-electron chi connectivity index (χ0n) is 35.3. The predicted octanol–water partition coefficient (Wildman–Crippen LogP) is 13.4. The van der Waals surface area contributed by atoms with Crippen LogP contribution in [-0.2, 0) is 0 Å². The van der Waals surface area contributed by atoms with Crippen LogP contribution in [0.3, 0.4) is 0 Å². The summed E-state index contributed by atoms with van der Waals surface area (Å²) < 4.78 is 61.8. The van der Waals surface area contributed by atoms with E-state index in [1.165, 1.54) is 0 Å². The Morgan fingerprint density at radius 2 is 0.800 bits per heavy atom. The van der Waals surface area contributed by atoms with E-state index in [1.807, 2.05) is 164 Å². The lowest BCUT2D eigenvalue weighted by atomic mass is 9.96. The number of furan rings is 1. The van der Waals surface area contributed by atoms with Crippen molar-refractivity contribution in [2.75, 3.05) is 0 Å². The summed E-state index contributed by atoms with van der Waals surface area (Å²) in [5.41, 5.74) is 7.84. The fourth-order valence-corrected chi connectivity index (χ4v) is 6.94. The Labute approximate surface area is 327 Å². The topological polar surface area (TPSA) is 51.8 Å². The molecule has 0 spiro atoms. The number of rotatable bonds is 7. The Balaban J connectivity index is 1.21. The summed E-state index contributed by atoms with van der Waals surface area (Å²) in [5.74, 6) is 0.625. The maximum absolute atomic E-state index is 9.64. The van der Waals surface area contributed by atoms with Crippen molar-refractivity contribution in [3.8, 4) is 78.7 Å². The highest BCUT2D eigenvalue weighted by atomic mass is 16.3. The summed E-state index contributed by atoms with van der Waals surface area (Å²) in [5, 5.41) is 0.341. The molecule has 0 amide bonds. The van der Waals surface area contributed by atoms with Gasteiger partial charge in [-0.25, -0.2) is 15.0 Å². The highest BCUT2D eigenvalue weighted by Gasteiger charge is 2.17. The number of hydrogen-bond donors (Lipinski definition) is 0. The molecule has 0 fully saturated rings. The van der Waals surface area contributed by atoms with Crippen molar-refractivity contribution in [3.63, 3.8) is 0 Å². The Bertz CT molecular complexity index is 3220. The van der Waals surface area contributed by atoms with E-state index in [2.05, 4.69) is 0 Å². The maximum Gasteiger partial charge on any atom is 0.164 e. The molecule has 4 nitrogen and oxygen atoms in total. The summed E-state index contributed by atoms with van der Waals surface area (Å²) in [6.07, 6.45) is 0. The first-order chi connectivity index (χ1) is 29.7. The van der Waals surface area contributed by atoms with Crippen molar-refractivity contribution >= 4 is 21.9 Å². The molecule has 0 saturated heterocycles. The summed E-state index contributed by atoms with van der Waals surface area (Å²) in [6, 6.07) is 51.1. The lowest BCUT2D eigenvalue weighted by Gasteiger charge is -2.11. The van der Waals surface area contributed by atoms with E-state index >= 15 is 0 Å². The second kappa shape index (κ2) is 13.8. The Morgan fingerprint density at radius 3 is 1.33 bits per heavy atom. The van der Waals surface area contributed by atoms with Gasteiger partial charge in [0, 0.05) is 27.5 Å². The van der Waals surface area contributed by atoms with Gasteiger partial charge < -0.3 is 4.42 Å². The Hall–Kier alpha value is -7.43. The lowest BCUT2D eigenvalue weighted by molar-refractivity contribution is 0.669. The molecule has 55 heavy (non-hydrogen) atoms. The number of nitrogens with zero attached hydrogens (tertiary/aromatic N) is 3. The molecule has 10 aromatic rings. The van der Waals surface area contributed by atoms with E-state index in [0.29, 0.717) is 28.3 Å². The SMILES string of the molecule is [2H]c1c([2H])c(-c2cccc(-c3ccccc3)c2)c2c(oc3c([2H])c(-c4nc(-c5cccc(-c6ccccc6)c5)nc(-c5cccc(-c6ccccc6)c5)n4)c([2H])c([2H])c32)c1[2H]. The van der Waals surface area contributed by atoms with Gasteiger partial charge in [-0.15, -0.1) is 0 Å². The molecule has 0 unspecified atom stereocenters. The molecular formula is C51H33N3O. The molecule has 0 radical (unpaired) electrons. The van der Waals surface area contributed by atoms with Gasteiger partial charge in [-0.05, 0) is 80.8 Å². The first kappa shape index (κ1) is 26.4. The molecule has 0 N–H and O–H groups in total.